The van der Waals surface area contributed by atoms with E-state index in [-0.39, 0.29) is 30.2 Å². The maximum atomic E-state index is 13.2. The van der Waals surface area contributed by atoms with Crippen molar-refractivity contribution in [3.05, 3.63) is 80.6 Å². The molecule has 1 fully saturated rings. The second kappa shape index (κ2) is 9.03. The van der Waals surface area contributed by atoms with E-state index in [1.165, 1.54) is 16.2 Å². The zero-order valence-corrected chi connectivity index (χ0v) is 19.2. The van der Waals surface area contributed by atoms with Crippen LogP contribution in [0.3, 0.4) is 0 Å². The number of pyridine rings is 1. The van der Waals surface area contributed by atoms with Gasteiger partial charge in [-0.05, 0) is 49.4 Å². The molecule has 170 valence electrons. The summed E-state index contributed by atoms with van der Waals surface area (Å²) in [5, 5.41) is 13.2. The number of Topliss-reactive ketones (excluding diaryl/α,β-unsaturated/α-hetero) is 1. The molecule has 8 nitrogen and oxygen atoms in total. The van der Waals surface area contributed by atoms with E-state index in [0.717, 1.165) is 10.4 Å². The first-order valence-corrected chi connectivity index (χ1v) is 11.3. The minimum absolute atomic E-state index is 0.00745. The largest absolute Gasteiger partial charge is 0.507 e. The van der Waals surface area contributed by atoms with E-state index in [2.05, 4.69) is 9.97 Å². The molecule has 3 aromatic heterocycles. The summed E-state index contributed by atoms with van der Waals surface area (Å²) in [4.78, 5) is 47.8. The summed E-state index contributed by atoms with van der Waals surface area (Å²) in [6, 6.07) is 6.48. The Morgan fingerprint density at radius 2 is 2.06 bits per heavy atom. The van der Waals surface area contributed by atoms with E-state index >= 15 is 0 Å². The third-order valence-corrected chi connectivity index (χ3v) is 6.51. The van der Waals surface area contributed by atoms with E-state index in [4.69, 9.17) is 4.74 Å². The fourth-order valence-electron chi connectivity index (χ4n) is 4.12. The van der Waals surface area contributed by atoms with Gasteiger partial charge in [0.05, 0.1) is 18.2 Å². The number of aryl methyl sites for hydroxylation is 1. The van der Waals surface area contributed by atoms with Crippen molar-refractivity contribution in [2.45, 2.75) is 33.4 Å². The highest BCUT2D eigenvalue weighted by Crippen LogP contribution is 2.42. The average molecular weight is 466 g/mol. The summed E-state index contributed by atoms with van der Waals surface area (Å²) >= 11 is 1.39. The molecule has 4 heterocycles. The van der Waals surface area contributed by atoms with Crippen LogP contribution in [0.15, 0.2) is 47.6 Å². The number of hydrogen-bond acceptors (Lipinski definition) is 7. The Bertz CT molecular complexity index is 1240. The number of ketones is 1. The summed E-state index contributed by atoms with van der Waals surface area (Å²) < 4.78 is 5.08. The molecule has 1 amide bonds. The number of aromatic nitrogens is 2. The van der Waals surface area contributed by atoms with Gasteiger partial charge in [-0.15, -0.1) is 11.3 Å². The minimum Gasteiger partial charge on any atom is -0.507 e. The number of H-pyrrole nitrogens is 1. The number of hydrogen-bond donors (Lipinski definition) is 2. The number of rotatable bonds is 6. The Hall–Kier alpha value is -3.72. The highest BCUT2D eigenvalue weighted by molar-refractivity contribution is 7.10. The number of amides is 1. The van der Waals surface area contributed by atoms with Crippen LogP contribution in [0, 0.1) is 13.8 Å². The number of aliphatic hydroxyl groups excluding tert-OH is 1. The Labute approximate surface area is 194 Å². The lowest BCUT2D eigenvalue weighted by Gasteiger charge is -2.24. The van der Waals surface area contributed by atoms with Gasteiger partial charge in [0, 0.05) is 35.1 Å². The number of nitrogens with zero attached hydrogens (tertiary/aromatic N) is 2. The highest BCUT2D eigenvalue weighted by Gasteiger charge is 2.47. The van der Waals surface area contributed by atoms with Gasteiger partial charge in [0.15, 0.2) is 0 Å². The number of carbonyl (C=O) groups is 3. The molecule has 0 aliphatic carbocycles. The molecule has 2 N–H and O–H groups in total. The molecule has 0 aromatic carbocycles. The van der Waals surface area contributed by atoms with Crippen LogP contribution in [0.25, 0.3) is 5.76 Å². The fourth-order valence-corrected chi connectivity index (χ4v) is 4.97. The van der Waals surface area contributed by atoms with Gasteiger partial charge in [0.2, 0.25) is 0 Å². The molecule has 0 unspecified atom stereocenters. The zero-order valence-electron chi connectivity index (χ0n) is 18.4. The van der Waals surface area contributed by atoms with Gasteiger partial charge >= 0.3 is 5.97 Å². The Morgan fingerprint density at radius 3 is 2.70 bits per heavy atom. The second-order valence-electron chi connectivity index (χ2n) is 7.65. The van der Waals surface area contributed by atoms with Crippen LogP contribution < -0.4 is 0 Å². The van der Waals surface area contributed by atoms with Gasteiger partial charge in [0.25, 0.3) is 11.7 Å². The van der Waals surface area contributed by atoms with Crippen LogP contribution in [-0.4, -0.2) is 44.2 Å². The summed E-state index contributed by atoms with van der Waals surface area (Å²) in [6.45, 7) is 5.43. The lowest BCUT2D eigenvalue weighted by molar-refractivity contribution is -0.140. The average Bonchev–Trinajstić information content (AvgIpc) is 3.48. The molecule has 0 radical (unpaired) electrons. The third kappa shape index (κ3) is 3.95. The topological polar surface area (TPSA) is 113 Å². The predicted octanol–water partition coefficient (Wildman–Crippen LogP) is 3.89. The van der Waals surface area contributed by atoms with Crippen molar-refractivity contribution in [3.8, 4) is 0 Å². The normalized spacial score (nSPS) is 17.5. The number of aliphatic hydroxyl groups is 1. The first kappa shape index (κ1) is 22.5. The number of ether oxygens (including phenoxy) is 1. The van der Waals surface area contributed by atoms with Gasteiger partial charge < -0.3 is 19.7 Å². The minimum atomic E-state index is -0.771. The number of esters is 1. The molecule has 1 atom stereocenters. The van der Waals surface area contributed by atoms with E-state index in [1.807, 2.05) is 23.6 Å². The summed E-state index contributed by atoms with van der Waals surface area (Å²) in [5.41, 5.74) is 2.22. The van der Waals surface area contributed by atoms with Crippen LogP contribution >= 0.6 is 11.3 Å². The first-order valence-electron chi connectivity index (χ1n) is 10.4. The third-order valence-electron chi connectivity index (χ3n) is 5.58. The number of carbonyl (C=O) groups excluding carboxylic acids is 3. The maximum Gasteiger partial charge on any atom is 0.355 e. The summed E-state index contributed by atoms with van der Waals surface area (Å²) in [7, 11) is 0. The van der Waals surface area contributed by atoms with Gasteiger partial charge in [-0.2, -0.15) is 0 Å². The first-order chi connectivity index (χ1) is 15.8. The highest BCUT2D eigenvalue weighted by atomic mass is 32.1. The monoisotopic (exact) mass is 465 g/mol. The SMILES string of the molecule is CCOC(=O)c1[nH]c(C)c(/C(O)=C2\C(=O)C(=O)N(Cc3cccnc3)[C@H]2c2cccs2)c1C. The van der Waals surface area contributed by atoms with Crippen molar-refractivity contribution in [2.75, 3.05) is 6.61 Å². The molecule has 4 rings (SSSR count). The molecule has 0 spiro atoms. The van der Waals surface area contributed by atoms with Crippen molar-refractivity contribution in [2.24, 2.45) is 0 Å². The van der Waals surface area contributed by atoms with Crippen molar-refractivity contribution >= 4 is 34.8 Å². The zero-order chi connectivity index (χ0) is 23.7. The number of aromatic amines is 1. The molecule has 1 saturated heterocycles. The number of nitrogens with one attached hydrogen (secondary N) is 1. The Balaban J connectivity index is 1.85. The van der Waals surface area contributed by atoms with E-state index in [0.29, 0.717) is 16.8 Å². The molecular weight excluding hydrogens is 442 g/mol. The lowest BCUT2D eigenvalue weighted by atomic mass is 9.97. The smallest absolute Gasteiger partial charge is 0.355 e. The van der Waals surface area contributed by atoms with E-state index in [9.17, 15) is 19.5 Å². The van der Waals surface area contributed by atoms with E-state index in [1.54, 1.807) is 39.2 Å². The molecule has 0 saturated carbocycles. The molecule has 3 aromatic rings. The molecule has 33 heavy (non-hydrogen) atoms. The van der Waals surface area contributed by atoms with Gasteiger partial charge in [0.1, 0.15) is 11.5 Å². The Kier molecular flexibility index (Phi) is 6.15. The number of likely N-dealkylation sites (tertiary alicyclic amines) is 1. The van der Waals surface area contributed by atoms with Crippen LogP contribution in [0.2, 0.25) is 0 Å². The Morgan fingerprint density at radius 1 is 1.27 bits per heavy atom. The summed E-state index contributed by atoms with van der Waals surface area (Å²) in [5.74, 6) is -2.34. The van der Waals surface area contributed by atoms with Gasteiger partial charge in [-0.1, -0.05) is 12.1 Å². The van der Waals surface area contributed by atoms with Gasteiger partial charge in [-0.25, -0.2) is 4.79 Å². The van der Waals surface area contributed by atoms with Gasteiger partial charge in [-0.3, -0.25) is 14.6 Å². The van der Waals surface area contributed by atoms with E-state index < -0.39 is 23.7 Å². The number of thiophene rings is 1. The summed E-state index contributed by atoms with van der Waals surface area (Å²) in [6.07, 6.45) is 3.27. The van der Waals surface area contributed by atoms with Crippen molar-refractivity contribution in [1.29, 1.82) is 0 Å². The maximum absolute atomic E-state index is 13.2. The van der Waals surface area contributed by atoms with Crippen LogP contribution in [0.1, 0.15) is 50.7 Å². The van der Waals surface area contributed by atoms with Crippen molar-refractivity contribution in [3.63, 3.8) is 0 Å². The molecular formula is C24H23N3O5S. The standard InChI is InChI=1S/C24H23N3O5S/c1-4-32-24(31)19-13(2)17(14(3)26-19)21(28)18-20(16-8-6-10-33-16)27(23(30)22(18)29)12-15-7-5-9-25-11-15/h5-11,20,26,28H,4,12H2,1-3H3/b21-18+/t20-/m0/s1. The molecule has 1 aliphatic heterocycles. The van der Waals surface area contributed by atoms with Crippen LogP contribution in [0.4, 0.5) is 0 Å². The molecule has 0 bridgehead atoms. The fraction of sp³-hybridized carbons (Fsp3) is 0.250. The van der Waals surface area contributed by atoms with Crippen molar-refractivity contribution < 1.29 is 24.2 Å². The molecule has 1 aliphatic rings. The van der Waals surface area contributed by atoms with Crippen molar-refractivity contribution in [1.82, 2.24) is 14.9 Å². The lowest BCUT2D eigenvalue weighted by Crippen LogP contribution is -2.28. The quantitative estimate of drug-likeness (QED) is 0.247. The van der Waals surface area contributed by atoms with Crippen LogP contribution in [0.5, 0.6) is 0 Å². The second-order valence-corrected chi connectivity index (χ2v) is 8.63. The molecule has 9 heteroatoms. The van der Waals surface area contributed by atoms with Crippen LogP contribution in [-0.2, 0) is 20.9 Å². The predicted molar refractivity (Wildman–Crippen MR) is 123 cm³/mol.